The Kier molecular flexibility index (Phi) is 6.01. The van der Waals surface area contributed by atoms with E-state index in [1.54, 1.807) is 16.7 Å². The molecular weight excluding hydrogens is 432 g/mol. The van der Waals surface area contributed by atoms with E-state index in [0.717, 1.165) is 28.2 Å². The van der Waals surface area contributed by atoms with Crippen LogP contribution in [0.3, 0.4) is 0 Å². The number of benzene rings is 2. The lowest BCUT2D eigenvalue weighted by Gasteiger charge is -2.09. The molecule has 0 aliphatic carbocycles. The third kappa shape index (κ3) is 4.45. The Balaban J connectivity index is 1.49. The molecule has 0 radical (unpaired) electrons. The Morgan fingerprint density at radius 3 is 2.55 bits per heavy atom. The molecule has 1 amide bonds. The normalized spacial score (nSPS) is 10.9. The van der Waals surface area contributed by atoms with Gasteiger partial charge in [0.25, 0.3) is 0 Å². The molecule has 2 aromatic carbocycles. The molecule has 0 spiro atoms. The first kappa shape index (κ1) is 21.0. The molecule has 31 heavy (non-hydrogen) atoms. The van der Waals surface area contributed by atoms with Crippen LogP contribution in [0, 0.1) is 18.6 Å². The molecule has 4 aromatic rings. The first-order valence-corrected chi connectivity index (χ1v) is 10.5. The second-order valence-corrected chi connectivity index (χ2v) is 7.94. The zero-order valence-corrected chi connectivity index (χ0v) is 18.7. The maximum atomic E-state index is 12.7. The van der Waals surface area contributed by atoms with Crippen molar-refractivity contribution >= 4 is 29.7 Å². The molecule has 0 unspecified atom stereocenters. The van der Waals surface area contributed by atoms with E-state index in [1.807, 2.05) is 61.0 Å². The van der Waals surface area contributed by atoms with E-state index in [-0.39, 0.29) is 12.5 Å². The number of para-hydroxylation sites is 1. The summed E-state index contributed by atoms with van der Waals surface area (Å²) in [5.74, 6) is 0.417. The van der Waals surface area contributed by atoms with E-state index < -0.39 is 0 Å². The minimum Gasteiger partial charge on any atom is -0.350 e. The van der Waals surface area contributed by atoms with Crippen LogP contribution < -0.4 is 5.32 Å². The minimum absolute atomic E-state index is 0.0538. The summed E-state index contributed by atoms with van der Waals surface area (Å²) >= 11 is 11.3. The fourth-order valence-electron chi connectivity index (χ4n) is 3.42. The number of nitrogens with one attached hydrogen (secondary N) is 2. The van der Waals surface area contributed by atoms with E-state index in [0.29, 0.717) is 22.2 Å². The van der Waals surface area contributed by atoms with Crippen LogP contribution in [0.15, 0.2) is 54.6 Å². The van der Waals surface area contributed by atoms with Crippen molar-refractivity contribution in [1.82, 2.24) is 29.9 Å². The topological polar surface area (TPSA) is 80.5 Å². The summed E-state index contributed by atoms with van der Waals surface area (Å²) in [6.07, 6.45) is 0. The number of aromatic amines is 1. The zero-order valence-electron chi connectivity index (χ0n) is 17.1. The van der Waals surface area contributed by atoms with Gasteiger partial charge < -0.3 is 5.32 Å². The number of hydrogen-bond acceptors (Lipinski definition) is 4. The maximum absolute atomic E-state index is 12.7. The fourth-order valence-corrected chi connectivity index (χ4v) is 3.74. The fraction of sp³-hybridized carbons (Fsp3) is 0.182. The van der Waals surface area contributed by atoms with Crippen molar-refractivity contribution in [1.29, 1.82) is 0 Å². The van der Waals surface area contributed by atoms with E-state index >= 15 is 0 Å². The van der Waals surface area contributed by atoms with Crippen molar-refractivity contribution in [2.75, 3.05) is 0 Å². The highest BCUT2D eigenvalue weighted by atomic mass is 35.5. The highest BCUT2D eigenvalue weighted by Gasteiger charge is 2.16. The van der Waals surface area contributed by atoms with Crippen LogP contribution in [-0.4, -0.2) is 30.5 Å². The van der Waals surface area contributed by atoms with Gasteiger partial charge in [-0.05, 0) is 62.5 Å². The maximum Gasteiger partial charge on any atom is 0.240 e. The van der Waals surface area contributed by atoms with Gasteiger partial charge in [0, 0.05) is 28.4 Å². The predicted octanol–water partition coefficient (Wildman–Crippen LogP) is 4.38. The van der Waals surface area contributed by atoms with Crippen LogP contribution in [0.4, 0.5) is 0 Å². The van der Waals surface area contributed by atoms with Crippen molar-refractivity contribution in [3.05, 3.63) is 81.3 Å². The second kappa shape index (κ2) is 8.87. The second-order valence-electron chi connectivity index (χ2n) is 7.12. The summed E-state index contributed by atoms with van der Waals surface area (Å²) in [6, 6.07) is 17.1. The molecular formula is C22H21ClN6OS. The smallest absolute Gasteiger partial charge is 0.240 e. The number of halogens is 1. The van der Waals surface area contributed by atoms with Crippen LogP contribution in [0.1, 0.15) is 17.0 Å². The highest BCUT2D eigenvalue weighted by molar-refractivity contribution is 7.71. The number of carbonyl (C=O) groups excluding carboxylic acids is 1. The van der Waals surface area contributed by atoms with Gasteiger partial charge >= 0.3 is 0 Å². The molecule has 7 nitrogen and oxygen atoms in total. The molecule has 0 aliphatic rings. The molecule has 9 heteroatoms. The number of amides is 1. The van der Waals surface area contributed by atoms with E-state index in [2.05, 4.69) is 20.6 Å². The minimum atomic E-state index is -0.168. The number of aryl methyl sites for hydroxylation is 1. The van der Waals surface area contributed by atoms with Crippen molar-refractivity contribution < 1.29 is 4.79 Å². The van der Waals surface area contributed by atoms with E-state index in [9.17, 15) is 4.79 Å². The third-order valence-corrected chi connectivity index (χ3v) is 5.63. The van der Waals surface area contributed by atoms with Gasteiger partial charge in [-0.3, -0.25) is 14.5 Å². The van der Waals surface area contributed by atoms with Gasteiger partial charge in [0.2, 0.25) is 5.91 Å². The van der Waals surface area contributed by atoms with Crippen molar-refractivity contribution in [3.8, 4) is 17.1 Å². The Morgan fingerprint density at radius 1 is 1.13 bits per heavy atom. The van der Waals surface area contributed by atoms with Crippen molar-refractivity contribution in [2.24, 2.45) is 0 Å². The Hall–Kier alpha value is -3.23. The quantitative estimate of drug-likeness (QED) is 0.425. The molecule has 0 saturated heterocycles. The Labute approximate surface area is 189 Å². The van der Waals surface area contributed by atoms with E-state index in [4.69, 9.17) is 23.8 Å². The first-order chi connectivity index (χ1) is 14.9. The summed E-state index contributed by atoms with van der Waals surface area (Å²) in [4.78, 5) is 12.7. The molecule has 2 N–H and O–H groups in total. The molecule has 2 aromatic heterocycles. The predicted molar refractivity (Wildman–Crippen MR) is 123 cm³/mol. The summed E-state index contributed by atoms with van der Waals surface area (Å²) in [5, 5.41) is 15.3. The van der Waals surface area contributed by atoms with Crippen molar-refractivity contribution in [3.63, 3.8) is 0 Å². The lowest BCUT2D eigenvalue weighted by atomic mass is 10.2. The standard InChI is InChI=1S/C22H21ClN6OS/c1-14-19(15(2)29(27-14)18-6-4-3-5-7-18)12-24-20(30)13-28-21(25-26-22(28)31)16-8-10-17(23)11-9-16/h3-11H,12-13H2,1-2H3,(H,24,30)(H,26,31). The molecule has 0 fully saturated rings. The van der Waals surface area contributed by atoms with Gasteiger partial charge in [0.15, 0.2) is 10.6 Å². The number of nitrogens with zero attached hydrogens (tertiary/aromatic N) is 4. The van der Waals surface area contributed by atoms with Crippen molar-refractivity contribution in [2.45, 2.75) is 26.9 Å². The molecule has 2 heterocycles. The van der Waals surface area contributed by atoms with Crippen LogP contribution in [0.2, 0.25) is 5.02 Å². The van der Waals surface area contributed by atoms with Crippen LogP contribution in [0.5, 0.6) is 0 Å². The van der Waals surface area contributed by atoms with Crippen LogP contribution >= 0.6 is 23.8 Å². The lowest BCUT2D eigenvalue weighted by molar-refractivity contribution is -0.121. The van der Waals surface area contributed by atoms with Gasteiger partial charge in [-0.2, -0.15) is 10.2 Å². The highest BCUT2D eigenvalue weighted by Crippen LogP contribution is 2.20. The summed E-state index contributed by atoms with van der Waals surface area (Å²) in [7, 11) is 0. The Bertz CT molecular complexity index is 1270. The monoisotopic (exact) mass is 452 g/mol. The Morgan fingerprint density at radius 2 is 1.84 bits per heavy atom. The summed E-state index contributed by atoms with van der Waals surface area (Å²) in [5.41, 5.74) is 4.67. The average molecular weight is 453 g/mol. The molecule has 0 bridgehead atoms. The van der Waals surface area contributed by atoms with Gasteiger partial charge in [-0.25, -0.2) is 4.68 Å². The van der Waals surface area contributed by atoms with Crippen LogP contribution in [0.25, 0.3) is 17.1 Å². The SMILES string of the molecule is Cc1nn(-c2ccccc2)c(C)c1CNC(=O)Cn1c(-c2ccc(Cl)cc2)n[nH]c1=S. The average Bonchev–Trinajstić information content (AvgIpc) is 3.27. The zero-order chi connectivity index (χ0) is 22.0. The number of rotatable bonds is 6. The largest absolute Gasteiger partial charge is 0.350 e. The number of carbonyl (C=O) groups is 1. The summed E-state index contributed by atoms with van der Waals surface area (Å²) in [6.45, 7) is 4.38. The molecule has 0 aliphatic heterocycles. The van der Waals surface area contributed by atoms with Gasteiger partial charge in [-0.15, -0.1) is 0 Å². The molecule has 158 valence electrons. The summed E-state index contributed by atoms with van der Waals surface area (Å²) < 4.78 is 3.94. The van der Waals surface area contributed by atoms with Gasteiger partial charge in [0.1, 0.15) is 6.54 Å². The number of aromatic nitrogens is 5. The van der Waals surface area contributed by atoms with Crippen LogP contribution in [-0.2, 0) is 17.9 Å². The molecule has 4 rings (SSSR count). The third-order valence-electron chi connectivity index (χ3n) is 5.07. The number of H-pyrrole nitrogens is 1. The lowest BCUT2D eigenvalue weighted by Crippen LogP contribution is -2.28. The first-order valence-electron chi connectivity index (χ1n) is 9.72. The van der Waals surface area contributed by atoms with Gasteiger partial charge in [-0.1, -0.05) is 29.8 Å². The molecule has 0 saturated carbocycles. The van der Waals surface area contributed by atoms with E-state index in [1.165, 1.54) is 0 Å². The van der Waals surface area contributed by atoms with Gasteiger partial charge in [0.05, 0.1) is 11.4 Å². The molecule has 0 atom stereocenters. The number of hydrogen-bond donors (Lipinski definition) is 2.